The van der Waals surface area contributed by atoms with E-state index in [1.54, 1.807) is 0 Å². The minimum absolute atomic E-state index is 0.214. The van der Waals surface area contributed by atoms with Crippen molar-refractivity contribution in [3.8, 4) is 0 Å². The van der Waals surface area contributed by atoms with Gasteiger partial charge in [-0.1, -0.05) is 51.4 Å². The first-order chi connectivity index (χ1) is 8.06. The van der Waals surface area contributed by atoms with Gasteiger partial charge in [-0.15, -0.1) is 0 Å². The molecule has 0 aromatic carbocycles. The van der Waals surface area contributed by atoms with E-state index in [1.165, 1.54) is 25.7 Å². The summed E-state index contributed by atoms with van der Waals surface area (Å²) in [6.45, 7) is 0.294. The van der Waals surface area contributed by atoms with Crippen LogP contribution in [-0.2, 0) is 10.1 Å². The Morgan fingerprint density at radius 2 is 1.06 bits per heavy atom. The lowest BCUT2D eigenvalue weighted by Gasteiger charge is -2.06. The third kappa shape index (κ3) is 15.9. The molecule has 0 atom stereocenters. The minimum Gasteiger partial charge on any atom is -0.748 e. The molecule has 0 fully saturated rings. The van der Waals surface area contributed by atoms with Crippen molar-refractivity contribution in [3.63, 3.8) is 0 Å². The molecule has 1 N–H and O–H groups in total. The summed E-state index contributed by atoms with van der Waals surface area (Å²) in [6.07, 6.45) is 10.3. The SMILES string of the molecule is O=S(=O)([O-])CCCCCCCCCCCCO. The van der Waals surface area contributed by atoms with Gasteiger partial charge in [0.15, 0.2) is 0 Å². The highest BCUT2D eigenvalue weighted by Crippen LogP contribution is 2.10. The van der Waals surface area contributed by atoms with Crippen LogP contribution in [0.1, 0.15) is 64.2 Å². The van der Waals surface area contributed by atoms with E-state index >= 15 is 0 Å². The monoisotopic (exact) mass is 265 g/mol. The number of aliphatic hydroxyl groups excluding tert-OH is 1. The summed E-state index contributed by atoms with van der Waals surface area (Å²) in [5.41, 5.74) is 0. The van der Waals surface area contributed by atoms with Gasteiger partial charge in [-0.05, 0) is 12.8 Å². The first-order valence-corrected chi connectivity index (χ1v) is 8.18. The Kier molecular flexibility index (Phi) is 10.9. The van der Waals surface area contributed by atoms with Crippen molar-refractivity contribution in [1.82, 2.24) is 0 Å². The van der Waals surface area contributed by atoms with Crippen LogP contribution < -0.4 is 0 Å². The van der Waals surface area contributed by atoms with Crippen molar-refractivity contribution < 1.29 is 18.1 Å². The van der Waals surface area contributed by atoms with E-state index in [4.69, 9.17) is 5.11 Å². The van der Waals surface area contributed by atoms with Crippen molar-refractivity contribution in [2.75, 3.05) is 12.4 Å². The molecule has 0 radical (unpaired) electrons. The summed E-state index contributed by atoms with van der Waals surface area (Å²) in [5.74, 6) is -0.214. The van der Waals surface area contributed by atoms with Crippen LogP contribution >= 0.6 is 0 Å². The molecule has 0 aliphatic rings. The molecule has 0 rings (SSSR count). The molecule has 4 nitrogen and oxygen atoms in total. The molecule has 0 aromatic heterocycles. The second-order valence-electron chi connectivity index (χ2n) is 4.52. The lowest BCUT2D eigenvalue weighted by atomic mass is 10.1. The van der Waals surface area contributed by atoms with Gasteiger partial charge < -0.3 is 9.66 Å². The summed E-state index contributed by atoms with van der Waals surface area (Å²) >= 11 is 0. The highest BCUT2D eigenvalue weighted by molar-refractivity contribution is 7.85. The number of hydrogen-bond donors (Lipinski definition) is 1. The van der Waals surface area contributed by atoms with Gasteiger partial charge in [-0.3, -0.25) is 0 Å². The number of aliphatic hydroxyl groups is 1. The molecule has 0 amide bonds. The number of unbranched alkanes of at least 4 members (excludes halogenated alkanes) is 9. The molecule has 0 bridgehead atoms. The van der Waals surface area contributed by atoms with Gasteiger partial charge in [0.05, 0.1) is 10.1 Å². The zero-order valence-corrected chi connectivity index (χ0v) is 11.4. The van der Waals surface area contributed by atoms with Crippen molar-refractivity contribution in [1.29, 1.82) is 0 Å². The molecule has 17 heavy (non-hydrogen) atoms. The number of hydrogen-bond acceptors (Lipinski definition) is 4. The fourth-order valence-electron chi connectivity index (χ4n) is 1.80. The predicted octanol–water partition coefficient (Wildman–Crippen LogP) is 2.42. The van der Waals surface area contributed by atoms with E-state index in [1.807, 2.05) is 0 Å². The molecule has 5 heteroatoms. The van der Waals surface area contributed by atoms with Gasteiger partial charge in [-0.2, -0.15) is 0 Å². The third-order valence-corrected chi connectivity index (χ3v) is 3.59. The fraction of sp³-hybridized carbons (Fsp3) is 1.00. The van der Waals surface area contributed by atoms with E-state index in [-0.39, 0.29) is 5.75 Å². The van der Waals surface area contributed by atoms with E-state index < -0.39 is 10.1 Å². The number of rotatable bonds is 12. The average molecular weight is 265 g/mol. The topological polar surface area (TPSA) is 77.4 Å². The lowest BCUT2D eigenvalue weighted by Crippen LogP contribution is -2.03. The molecule has 0 spiro atoms. The van der Waals surface area contributed by atoms with Crippen LogP contribution in [0, 0.1) is 0 Å². The predicted molar refractivity (Wildman–Crippen MR) is 67.8 cm³/mol. The van der Waals surface area contributed by atoms with Crippen molar-refractivity contribution in [3.05, 3.63) is 0 Å². The maximum absolute atomic E-state index is 10.3. The van der Waals surface area contributed by atoms with E-state index in [2.05, 4.69) is 0 Å². The Bertz CT molecular complexity index is 249. The zero-order valence-electron chi connectivity index (χ0n) is 10.6. The standard InChI is InChI=1S/C12H26O4S/c13-11-9-7-5-3-1-2-4-6-8-10-12-17(14,15)16/h13H,1-12H2,(H,14,15,16)/p-1. The van der Waals surface area contributed by atoms with Gasteiger partial charge in [-0.25, -0.2) is 8.42 Å². The smallest absolute Gasteiger partial charge is 0.0945 e. The second kappa shape index (κ2) is 11.0. The van der Waals surface area contributed by atoms with Gasteiger partial charge in [0.2, 0.25) is 0 Å². The maximum Gasteiger partial charge on any atom is 0.0945 e. The molecule has 104 valence electrons. The fourth-order valence-corrected chi connectivity index (χ4v) is 2.36. The van der Waals surface area contributed by atoms with Crippen LogP contribution in [0.15, 0.2) is 0 Å². The quantitative estimate of drug-likeness (QED) is 0.434. The maximum atomic E-state index is 10.3. The van der Waals surface area contributed by atoms with Crippen LogP contribution in [-0.4, -0.2) is 30.4 Å². The van der Waals surface area contributed by atoms with E-state index in [9.17, 15) is 13.0 Å². The summed E-state index contributed by atoms with van der Waals surface area (Å²) < 4.78 is 31.0. The third-order valence-electron chi connectivity index (χ3n) is 2.80. The van der Waals surface area contributed by atoms with Crippen LogP contribution in [0.3, 0.4) is 0 Å². The minimum atomic E-state index is -4.00. The Hall–Kier alpha value is -0.130. The molecule has 0 aromatic rings. The van der Waals surface area contributed by atoms with Gasteiger partial charge in [0.25, 0.3) is 0 Å². The van der Waals surface area contributed by atoms with Crippen LogP contribution in [0.5, 0.6) is 0 Å². The van der Waals surface area contributed by atoms with Crippen molar-refractivity contribution in [2.24, 2.45) is 0 Å². The largest absolute Gasteiger partial charge is 0.748 e. The molecular formula is C12H25O4S-. The molecule has 0 aliphatic carbocycles. The van der Waals surface area contributed by atoms with Crippen LogP contribution in [0.25, 0.3) is 0 Å². The Labute approximate surface area is 105 Å². The molecule has 0 aliphatic heterocycles. The van der Waals surface area contributed by atoms with Gasteiger partial charge in [0.1, 0.15) is 0 Å². The van der Waals surface area contributed by atoms with Crippen molar-refractivity contribution in [2.45, 2.75) is 64.2 Å². The first kappa shape index (κ1) is 16.9. The van der Waals surface area contributed by atoms with Crippen LogP contribution in [0.2, 0.25) is 0 Å². The van der Waals surface area contributed by atoms with E-state index in [0.717, 1.165) is 32.1 Å². The van der Waals surface area contributed by atoms with Crippen LogP contribution in [0.4, 0.5) is 0 Å². The second-order valence-corrected chi connectivity index (χ2v) is 6.04. The summed E-state index contributed by atoms with van der Waals surface area (Å²) in [5, 5.41) is 8.58. The molecule has 0 saturated heterocycles. The normalized spacial score (nSPS) is 11.9. The summed E-state index contributed by atoms with van der Waals surface area (Å²) in [6, 6.07) is 0. The molecule has 0 heterocycles. The van der Waals surface area contributed by atoms with Gasteiger partial charge in [0, 0.05) is 12.4 Å². The molecule has 0 unspecified atom stereocenters. The van der Waals surface area contributed by atoms with Gasteiger partial charge >= 0.3 is 0 Å². The Morgan fingerprint density at radius 1 is 0.706 bits per heavy atom. The first-order valence-electron chi connectivity index (χ1n) is 6.60. The highest BCUT2D eigenvalue weighted by atomic mass is 32.2. The lowest BCUT2D eigenvalue weighted by molar-refractivity contribution is 0.282. The molecular weight excluding hydrogens is 240 g/mol. The Morgan fingerprint density at radius 3 is 1.41 bits per heavy atom. The average Bonchev–Trinajstić information content (AvgIpc) is 2.24. The summed E-state index contributed by atoms with van der Waals surface area (Å²) in [4.78, 5) is 0. The highest BCUT2D eigenvalue weighted by Gasteiger charge is 1.96. The Balaban J connectivity index is 3.04. The zero-order chi connectivity index (χ0) is 13.0. The van der Waals surface area contributed by atoms with E-state index in [0.29, 0.717) is 13.0 Å². The van der Waals surface area contributed by atoms with Crippen molar-refractivity contribution >= 4 is 10.1 Å². The molecule has 0 saturated carbocycles. The summed E-state index contributed by atoms with van der Waals surface area (Å²) in [7, 11) is -4.00.